The highest BCUT2D eigenvalue weighted by atomic mass is 14.8. The number of benzene rings is 3. The van der Waals surface area contributed by atoms with Gasteiger partial charge in [-0.1, -0.05) is 76.2 Å². The summed E-state index contributed by atoms with van der Waals surface area (Å²) in [5.74, 6) is 0. The zero-order valence-electron chi connectivity index (χ0n) is 13.7. The molecule has 0 saturated heterocycles. The minimum Gasteiger partial charge on any atom is -0.252 e. The Bertz CT molecular complexity index is 661. The van der Waals surface area contributed by atoms with E-state index in [0.717, 1.165) is 11.0 Å². The third-order valence-electron chi connectivity index (χ3n) is 3.35. The molecule has 4 aromatic rings. The minimum absolute atomic E-state index is 0.979. The molecule has 0 radical (unpaired) electrons. The van der Waals surface area contributed by atoms with Gasteiger partial charge >= 0.3 is 0 Å². The number of hydrogen-bond acceptors (Lipinski definition) is 2. The van der Waals surface area contributed by atoms with Gasteiger partial charge in [-0.2, -0.15) is 0 Å². The van der Waals surface area contributed by atoms with Crippen molar-refractivity contribution in [3.8, 4) is 0 Å². The third-order valence-corrected chi connectivity index (χ3v) is 3.35. The van der Waals surface area contributed by atoms with Gasteiger partial charge in [0.15, 0.2) is 0 Å². The average Bonchev–Trinajstić information content (AvgIpc) is 2.65. The predicted octanol–water partition coefficient (Wildman–Crippen LogP) is 5.99. The van der Waals surface area contributed by atoms with Crippen molar-refractivity contribution in [2.45, 2.75) is 27.7 Å². The Morgan fingerprint density at radius 3 is 1.18 bits per heavy atom. The van der Waals surface area contributed by atoms with Crippen molar-refractivity contribution in [3.05, 3.63) is 60.9 Å². The molecule has 22 heavy (non-hydrogen) atoms. The van der Waals surface area contributed by atoms with Crippen LogP contribution in [0.3, 0.4) is 0 Å². The summed E-state index contributed by atoms with van der Waals surface area (Å²) in [6, 6.07) is 16.7. The Hall–Kier alpha value is -2.48. The van der Waals surface area contributed by atoms with Crippen LogP contribution >= 0.6 is 0 Å². The molecular formula is C20H22N2. The van der Waals surface area contributed by atoms with Crippen LogP contribution in [0.4, 0.5) is 0 Å². The summed E-state index contributed by atoms with van der Waals surface area (Å²) < 4.78 is 0. The Morgan fingerprint density at radius 2 is 0.818 bits per heavy atom. The van der Waals surface area contributed by atoms with Crippen LogP contribution in [0, 0.1) is 0 Å². The largest absolute Gasteiger partial charge is 0.252 e. The van der Waals surface area contributed by atoms with Gasteiger partial charge in [-0.3, -0.25) is 9.97 Å². The molecule has 0 aliphatic carbocycles. The lowest BCUT2D eigenvalue weighted by Crippen LogP contribution is -1.87. The van der Waals surface area contributed by atoms with Crippen LogP contribution in [-0.2, 0) is 0 Å². The van der Waals surface area contributed by atoms with E-state index in [1.165, 1.54) is 21.5 Å². The molecule has 2 nitrogen and oxygen atoms in total. The van der Waals surface area contributed by atoms with Crippen LogP contribution in [0.2, 0.25) is 0 Å². The van der Waals surface area contributed by atoms with Crippen LogP contribution in [0.15, 0.2) is 60.9 Å². The molecule has 0 N–H and O–H groups in total. The summed E-state index contributed by atoms with van der Waals surface area (Å²) in [4.78, 5) is 8.99. The van der Waals surface area contributed by atoms with Crippen LogP contribution in [-0.4, -0.2) is 9.97 Å². The molecular weight excluding hydrogens is 268 g/mol. The molecule has 0 bridgehead atoms. The summed E-state index contributed by atoms with van der Waals surface area (Å²) >= 11 is 0. The number of fused-ring (bicyclic) bond motifs is 6. The second-order valence-corrected chi connectivity index (χ2v) is 4.34. The molecule has 112 valence electrons. The van der Waals surface area contributed by atoms with Crippen molar-refractivity contribution in [3.63, 3.8) is 0 Å². The van der Waals surface area contributed by atoms with E-state index >= 15 is 0 Å². The van der Waals surface area contributed by atoms with Crippen molar-refractivity contribution in [1.29, 1.82) is 0 Å². The summed E-state index contributed by atoms with van der Waals surface area (Å²) in [5.41, 5.74) is 1.96. The molecule has 0 aliphatic rings. The molecule has 1 aromatic heterocycles. The van der Waals surface area contributed by atoms with Gasteiger partial charge in [-0.05, 0) is 10.8 Å². The molecule has 0 amide bonds. The molecule has 3 aromatic carbocycles. The number of aromatic nitrogens is 2. The van der Waals surface area contributed by atoms with Crippen molar-refractivity contribution in [2.75, 3.05) is 0 Å². The quantitative estimate of drug-likeness (QED) is 0.372. The SMILES string of the molecule is CC.CC.c1ccc2c(c1)c1ccccc1c1nccnc21. The summed E-state index contributed by atoms with van der Waals surface area (Å²) in [6.45, 7) is 8.00. The highest BCUT2D eigenvalue weighted by Crippen LogP contribution is 2.32. The first kappa shape index (κ1) is 15.9. The molecule has 0 spiro atoms. The lowest BCUT2D eigenvalue weighted by atomic mass is 10.00. The van der Waals surface area contributed by atoms with Crippen molar-refractivity contribution < 1.29 is 0 Å². The fourth-order valence-electron chi connectivity index (χ4n) is 2.58. The van der Waals surface area contributed by atoms with Crippen LogP contribution in [0.25, 0.3) is 32.6 Å². The standard InChI is InChI=1S/C16H10N2.2C2H6/c1-3-7-13-11(5-1)12-6-2-4-8-14(12)16-15(13)17-9-10-18-16;2*1-2/h1-10H;2*1-2H3. The fourth-order valence-corrected chi connectivity index (χ4v) is 2.58. The maximum absolute atomic E-state index is 4.50. The van der Waals surface area contributed by atoms with Gasteiger partial charge in [-0.15, -0.1) is 0 Å². The zero-order valence-corrected chi connectivity index (χ0v) is 13.7. The predicted molar refractivity (Wildman–Crippen MR) is 97.2 cm³/mol. The maximum Gasteiger partial charge on any atom is 0.0971 e. The van der Waals surface area contributed by atoms with E-state index in [2.05, 4.69) is 46.4 Å². The minimum atomic E-state index is 0.979. The molecule has 1 heterocycles. The van der Waals surface area contributed by atoms with E-state index in [1.807, 2.05) is 39.8 Å². The summed E-state index contributed by atoms with van der Waals surface area (Å²) in [6.07, 6.45) is 3.51. The van der Waals surface area contributed by atoms with Crippen LogP contribution < -0.4 is 0 Å². The second-order valence-electron chi connectivity index (χ2n) is 4.34. The van der Waals surface area contributed by atoms with Gasteiger partial charge in [0.05, 0.1) is 11.0 Å². The van der Waals surface area contributed by atoms with Gasteiger partial charge in [0.2, 0.25) is 0 Å². The molecule has 4 rings (SSSR count). The van der Waals surface area contributed by atoms with E-state index in [9.17, 15) is 0 Å². The maximum atomic E-state index is 4.50. The first-order chi connectivity index (χ1) is 10.9. The van der Waals surface area contributed by atoms with Gasteiger partial charge in [0.25, 0.3) is 0 Å². The lowest BCUT2D eigenvalue weighted by Gasteiger charge is -2.07. The number of hydrogen-bond donors (Lipinski definition) is 0. The highest BCUT2D eigenvalue weighted by Gasteiger charge is 2.08. The molecule has 0 fully saturated rings. The average molecular weight is 290 g/mol. The van der Waals surface area contributed by atoms with E-state index in [4.69, 9.17) is 0 Å². The molecule has 0 unspecified atom stereocenters. The normalized spacial score (nSPS) is 9.82. The van der Waals surface area contributed by atoms with Crippen molar-refractivity contribution in [1.82, 2.24) is 9.97 Å². The zero-order chi connectivity index (χ0) is 15.9. The van der Waals surface area contributed by atoms with E-state index < -0.39 is 0 Å². The number of rotatable bonds is 0. The Labute approximate surface area is 131 Å². The van der Waals surface area contributed by atoms with Crippen LogP contribution in [0.5, 0.6) is 0 Å². The second kappa shape index (κ2) is 7.51. The van der Waals surface area contributed by atoms with Gasteiger partial charge in [0.1, 0.15) is 0 Å². The molecule has 0 aliphatic heterocycles. The molecule has 0 atom stereocenters. The van der Waals surface area contributed by atoms with Crippen molar-refractivity contribution >= 4 is 32.6 Å². The topological polar surface area (TPSA) is 25.8 Å². The third kappa shape index (κ3) is 2.64. The van der Waals surface area contributed by atoms with Gasteiger partial charge in [0, 0.05) is 23.2 Å². The molecule has 2 heteroatoms. The van der Waals surface area contributed by atoms with Crippen LogP contribution in [0.1, 0.15) is 27.7 Å². The fraction of sp³-hybridized carbons (Fsp3) is 0.200. The summed E-state index contributed by atoms with van der Waals surface area (Å²) in [7, 11) is 0. The first-order valence-electron chi connectivity index (χ1n) is 7.95. The smallest absolute Gasteiger partial charge is 0.0971 e. The Balaban J connectivity index is 0.000000410. The molecule has 0 saturated carbocycles. The van der Waals surface area contributed by atoms with E-state index in [-0.39, 0.29) is 0 Å². The van der Waals surface area contributed by atoms with E-state index in [0.29, 0.717) is 0 Å². The Kier molecular flexibility index (Phi) is 5.42. The Morgan fingerprint density at radius 1 is 0.500 bits per heavy atom. The van der Waals surface area contributed by atoms with Gasteiger partial charge < -0.3 is 0 Å². The number of nitrogens with zero attached hydrogens (tertiary/aromatic N) is 2. The lowest BCUT2D eigenvalue weighted by molar-refractivity contribution is 1.31. The van der Waals surface area contributed by atoms with Gasteiger partial charge in [-0.25, -0.2) is 0 Å². The monoisotopic (exact) mass is 290 g/mol. The van der Waals surface area contributed by atoms with E-state index in [1.54, 1.807) is 12.4 Å². The summed E-state index contributed by atoms with van der Waals surface area (Å²) in [5, 5.41) is 4.81. The first-order valence-corrected chi connectivity index (χ1v) is 7.95. The highest BCUT2D eigenvalue weighted by molar-refractivity contribution is 6.22. The van der Waals surface area contributed by atoms with Crippen molar-refractivity contribution in [2.24, 2.45) is 0 Å².